The third-order valence-corrected chi connectivity index (χ3v) is 4.29. The SMILES string of the molecule is Cc1cc(Br)c(C(=O)n2ccc3ccccc32)cc1C. The quantitative estimate of drug-likeness (QED) is 0.634. The molecule has 3 rings (SSSR count). The highest BCUT2D eigenvalue weighted by molar-refractivity contribution is 9.10. The summed E-state index contributed by atoms with van der Waals surface area (Å²) in [5.74, 6) is -0.0128. The van der Waals surface area contributed by atoms with E-state index in [-0.39, 0.29) is 5.91 Å². The van der Waals surface area contributed by atoms with Gasteiger partial charge >= 0.3 is 0 Å². The third-order valence-electron chi connectivity index (χ3n) is 3.63. The molecule has 0 radical (unpaired) electrons. The first-order chi connectivity index (χ1) is 9.58. The average Bonchev–Trinajstić information content (AvgIpc) is 2.86. The number of fused-ring (bicyclic) bond motifs is 1. The second-order valence-electron chi connectivity index (χ2n) is 4.97. The van der Waals surface area contributed by atoms with Crippen LogP contribution in [0.1, 0.15) is 21.5 Å². The molecule has 0 aliphatic heterocycles. The topological polar surface area (TPSA) is 22.0 Å². The smallest absolute Gasteiger partial charge is 0.263 e. The molecule has 0 aliphatic carbocycles. The molecule has 2 aromatic carbocycles. The summed E-state index contributed by atoms with van der Waals surface area (Å²) < 4.78 is 2.54. The molecule has 3 aromatic rings. The molecule has 1 heterocycles. The van der Waals surface area contributed by atoms with Gasteiger partial charge in [0, 0.05) is 16.1 Å². The standard InChI is InChI=1S/C17H14BrNO/c1-11-9-14(15(18)10-12(11)2)17(20)19-8-7-13-5-3-4-6-16(13)19/h3-10H,1-2H3. The fourth-order valence-electron chi connectivity index (χ4n) is 2.33. The van der Waals surface area contributed by atoms with Crippen LogP contribution in [0.25, 0.3) is 10.9 Å². The monoisotopic (exact) mass is 327 g/mol. The van der Waals surface area contributed by atoms with Gasteiger partial charge in [0.1, 0.15) is 0 Å². The highest BCUT2D eigenvalue weighted by atomic mass is 79.9. The van der Waals surface area contributed by atoms with Gasteiger partial charge in [0.15, 0.2) is 0 Å². The van der Waals surface area contributed by atoms with Gasteiger partial charge in [-0.1, -0.05) is 18.2 Å². The van der Waals surface area contributed by atoms with Crippen LogP contribution in [0.15, 0.2) is 53.1 Å². The van der Waals surface area contributed by atoms with Gasteiger partial charge < -0.3 is 0 Å². The number of hydrogen-bond acceptors (Lipinski definition) is 1. The van der Waals surface area contributed by atoms with E-state index in [4.69, 9.17) is 0 Å². The number of hydrogen-bond donors (Lipinski definition) is 0. The van der Waals surface area contributed by atoms with Crippen LogP contribution in [0.2, 0.25) is 0 Å². The van der Waals surface area contributed by atoms with E-state index < -0.39 is 0 Å². The summed E-state index contributed by atoms with van der Waals surface area (Å²) >= 11 is 3.50. The zero-order chi connectivity index (χ0) is 14.3. The van der Waals surface area contributed by atoms with Crippen LogP contribution in [0.4, 0.5) is 0 Å². The first-order valence-electron chi connectivity index (χ1n) is 6.45. The maximum atomic E-state index is 12.7. The maximum absolute atomic E-state index is 12.7. The third kappa shape index (κ3) is 2.08. The number of aromatic nitrogens is 1. The summed E-state index contributed by atoms with van der Waals surface area (Å²) in [5, 5.41) is 1.07. The molecule has 0 saturated carbocycles. The number of carbonyl (C=O) groups excluding carboxylic acids is 1. The van der Waals surface area contributed by atoms with E-state index in [1.165, 1.54) is 5.56 Å². The van der Waals surface area contributed by atoms with Crippen LogP contribution in [-0.4, -0.2) is 10.5 Å². The molecule has 3 heteroatoms. The first kappa shape index (κ1) is 13.1. The number of para-hydroxylation sites is 1. The lowest BCUT2D eigenvalue weighted by molar-refractivity contribution is 0.0964. The molecule has 0 atom stereocenters. The number of aryl methyl sites for hydroxylation is 2. The maximum Gasteiger partial charge on any atom is 0.263 e. The minimum atomic E-state index is -0.0128. The van der Waals surface area contributed by atoms with E-state index in [0.29, 0.717) is 5.56 Å². The Bertz CT molecular complexity index is 817. The molecule has 0 bridgehead atoms. The lowest BCUT2D eigenvalue weighted by Gasteiger charge is -2.09. The van der Waals surface area contributed by atoms with Crippen molar-refractivity contribution in [3.8, 4) is 0 Å². The van der Waals surface area contributed by atoms with Gasteiger partial charge in [0.05, 0.1) is 11.1 Å². The number of halogens is 1. The minimum absolute atomic E-state index is 0.0128. The molecule has 100 valence electrons. The fraction of sp³-hybridized carbons (Fsp3) is 0.118. The molecule has 1 aromatic heterocycles. The van der Waals surface area contributed by atoms with Crippen LogP contribution >= 0.6 is 15.9 Å². The predicted molar refractivity (Wildman–Crippen MR) is 85.3 cm³/mol. The zero-order valence-electron chi connectivity index (χ0n) is 11.4. The Morgan fingerprint density at radius 3 is 2.55 bits per heavy atom. The molecular formula is C17H14BrNO. The van der Waals surface area contributed by atoms with Crippen LogP contribution in [0.3, 0.4) is 0 Å². The summed E-state index contributed by atoms with van der Waals surface area (Å²) in [5.41, 5.74) is 3.91. The molecular weight excluding hydrogens is 314 g/mol. The summed E-state index contributed by atoms with van der Waals surface area (Å²) in [6.45, 7) is 4.06. The molecule has 20 heavy (non-hydrogen) atoms. The van der Waals surface area contributed by atoms with Crippen molar-refractivity contribution in [2.24, 2.45) is 0 Å². The van der Waals surface area contributed by atoms with Gasteiger partial charge in [-0.25, -0.2) is 0 Å². The largest absolute Gasteiger partial charge is 0.283 e. The minimum Gasteiger partial charge on any atom is -0.283 e. The lowest BCUT2D eigenvalue weighted by atomic mass is 10.1. The van der Waals surface area contributed by atoms with Crippen molar-refractivity contribution in [1.82, 2.24) is 4.57 Å². The van der Waals surface area contributed by atoms with Crippen molar-refractivity contribution >= 4 is 32.7 Å². The molecule has 0 amide bonds. The summed E-state index contributed by atoms with van der Waals surface area (Å²) in [6, 6.07) is 13.8. The van der Waals surface area contributed by atoms with Crippen LogP contribution in [-0.2, 0) is 0 Å². The molecule has 2 nitrogen and oxygen atoms in total. The normalized spacial score (nSPS) is 10.9. The zero-order valence-corrected chi connectivity index (χ0v) is 12.9. The van der Waals surface area contributed by atoms with Crippen molar-refractivity contribution < 1.29 is 4.79 Å². The number of carbonyl (C=O) groups is 1. The fourth-order valence-corrected chi connectivity index (χ4v) is 2.96. The van der Waals surface area contributed by atoms with E-state index in [2.05, 4.69) is 15.9 Å². The second-order valence-corrected chi connectivity index (χ2v) is 5.82. The van der Waals surface area contributed by atoms with Crippen molar-refractivity contribution in [3.05, 3.63) is 69.8 Å². The molecule has 0 saturated heterocycles. The number of rotatable bonds is 1. The Kier molecular flexibility index (Phi) is 3.22. The highest BCUT2D eigenvalue weighted by Crippen LogP contribution is 2.24. The Hall–Kier alpha value is -1.87. The number of benzene rings is 2. The van der Waals surface area contributed by atoms with E-state index >= 15 is 0 Å². The van der Waals surface area contributed by atoms with Crippen molar-refractivity contribution in [3.63, 3.8) is 0 Å². The van der Waals surface area contributed by atoms with Crippen molar-refractivity contribution in [1.29, 1.82) is 0 Å². The predicted octanol–water partition coefficient (Wildman–Crippen LogP) is 4.71. The van der Waals surface area contributed by atoms with Gasteiger partial charge in [0.2, 0.25) is 0 Å². The van der Waals surface area contributed by atoms with Crippen molar-refractivity contribution in [2.45, 2.75) is 13.8 Å². The first-order valence-corrected chi connectivity index (χ1v) is 7.25. The van der Waals surface area contributed by atoms with Crippen molar-refractivity contribution in [2.75, 3.05) is 0 Å². The van der Waals surface area contributed by atoms with Crippen LogP contribution < -0.4 is 0 Å². The summed E-state index contributed by atoms with van der Waals surface area (Å²) in [4.78, 5) is 12.7. The van der Waals surface area contributed by atoms with Crippen LogP contribution in [0.5, 0.6) is 0 Å². The summed E-state index contributed by atoms with van der Waals surface area (Å²) in [6.07, 6.45) is 1.83. The Morgan fingerprint density at radius 2 is 1.75 bits per heavy atom. The van der Waals surface area contributed by atoms with E-state index in [9.17, 15) is 4.79 Å². The van der Waals surface area contributed by atoms with E-state index in [0.717, 1.165) is 20.9 Å². The van der Waals surface area contributed by atoms with Gasteiger partial charge in [0.25, 0.3) is 5.91 Å². The Balaban J connectivity index is 2.16. The summed E-state index contributed by atoms with van der Waals surface area (Å²) in [7, 11) is 0. The van der Waals surface area contributed by atoms with E-state index in [1.54, 1.807) is 4.57 Å². The second kappa shape index (κ2) is 4.91. The van der Waals surface area contributed by atoms with Gasteiger partial charge in [-0.15, -0.1) is 0 Å². The molecule has 0 fully saturated rings. The highest BCUT2D eigenvalue weighted by Gasteiger charge is 2.15. The number of nitrogens with zero attached hydrogens (tertiary/aromatic N) is 1. The van der Waals surface area contributed by atoms with Gasteiger partial charge in [-0.05, 0) is 65.2 Å². The van der Waals surface area contributed by atoms with E-state index in [1.807, 2.05) is 62.5 Å². The van der Waals surface area contributed by atoms with Crippen LogP contribution in [0, 0.1) is 13.8 Å². The molecule has 0 aliphatic rings. The average molecular weight is 328 g/mol. The molecule has 0 N–H and O–H groups in total. The van der Waals surface area contributed by atoms with Gasteiger partial charge in [-0.3, -0.25) is 9.36 Å². The Labute approximate surface area is 126 Å². The lowest BCUT2D eigenvalue weighted by Crippen LogP contribution is -2.12. The molecule has 0 spiro atoms. The van der Waals surface area contributed by atoms with Gasteiger partial charge in [-0.2, -0.15) is 0 Å². The molecule has 0 unspecified atom stereocenters. The Morgan fingerprint density at radius 1 is 1.05 bits per heavy atom.